The summed E-state index contributed by atoms with van der Waals surface area (Å²) in [5, 5.41) is 6.31. The Hall–Kier alpha value is -3.31. The summed E-state index contributed by atoms with van der Waals surface area (Å²) in [5.74, 6) is -0.408. The zero-order valence-electron chi connectivity index (χ0n) is 18.8. The molecule has 3 aromatic rings. The van der Waals surface area contributed by atoms with E-state index in [-0.39, 0.29) is 24.3 Å². The number of nitrogens with zero attached hydrogens (tertiary/aromatic N) is 3. The van der Waals surface area contributed by atoms with Crippen LogP contribution in [0.15, 0.2) is 77.9 Å². The number of hydrogen-bond donors (Lipinski definition) is 0. The van der Waals surface area contributed by atoms with Crippen molar-refractivity contribution in [1.29, 1.82) is 0 Å². The number of aryl methyl sites for hydroxylation is 2. The lowest BCUT2D eigenvalue weighted by atomic mass is 9.95. The van der Waals surface area contributed by atoms with Gasteiger partial charge >= 0.3 is 0 Å². The third-order valence-electron chi connectivity index (χ3n) is 5.80. The van der Waals surface area contributed by atoms with Crippen LogP contribution in [0.25, 0.3) is 0 Å². The molecule has 0 spiro atoms. The minimum Gasteiger partial charge on any atom is -0.293 e. The second kappa shape index (κ2) is 9.45. The second-order valence-corrected chi connectivity index (χ2v) is 8.54. The minimum atomic E-state index is -0.321. The molecule has 0 saturated carbocycles. The molecular weight excluding hydrogens is 401 g/mol. The van der Waals surface area contributed by atoms with Crippen LogP contribution in [0.2, 0.25) is 0 Å². The van der Waals surface area contributed by atoms with Crippen molar-refractivity contribution in [2.75, 3.05) is 13.6 Å². The first-order chi connectivity index (χ1) is 15.4. The molecule has 4 nitrogen and oxygen atoms in total. The van der Waals surface area contributed by atoms with Crippen molar-refractivity contribution in [2.24, 2.45) is 5.10 Å². The summed E-state index contributed by atoms with van der Waals surface area (Å²) >= 11 is 0. The quantitative estimate of drug-likeness (QED) is 0.536. The number of likely N-dealkylation sites (N-methyl/N-ethyl adjacent to an activating group) is 1. The molecule has 0 radical (unpaired) electrons. The molecule has 1 aliphatic heterocycles. The molecule has 1 amide bonds. The summed E-state index contributed by atoms with van der Waals surface area (Å²) in [6, 6.07) is 22.4. The van der Waals surface area contributed by atoms with Crippen molar-refractivity contribution < 1.29 is 9.18 Å². The Balaban J connectivity index is 1.60. The van der Waals surface area contributed by atoms with Crippen LogP contribution < -0.4 is 0 Å². The van der Waals surface area contributed by atoms with Crippen molar-refractivity contribution >= 4 is 11.6 Å². The number of halogens is 1. The predicted octanol–water partition coefficient (Wildman–Crippen LogP) is 5.25. The van der Waals surface area contributed by atoms with Gasteiger partial charge in [0.05, 0.1) is 18.3 Å². The molecule has 0 N–H and O–H groups in total. The summed E-state index contributed by atoms with van der Waals surface area (Å²) in [7, 11) is 1.92. The molecule has 0 saturated heterocycles. The molecule has 5 heteroatoms. The summed E-state index contributed by atoms with van der Waals surface area (Å²) < 4.78 is 14.0. The lowest BCUT2D eigenvalue weighted by molar-refractivity contribution is -0.134. The molecule has 1 aliphatic rings. The van der Waals surface area contributed by atoms with Gasteiger partial charge < -0.3 is 0 Å². The van der Waals surface area contributed by atoms with Crippen LogP contribution in [0.3, 0.4) is 0 Å². The van der Waals surface area contributed by atoms with Gasteiger partial charge in [-0.25, -0.2) is 9.40 Å². The standard InChI is InChI=1S/C27H28FN3O/c1-19-12-13-20(2)24(14-19)25-16-26(22-10-7-11-23(28)15-22)31(29-25)27(32)18-30(3)17-21-8-5-4-6-9-21/h4-15,26H,16-18H2,1-3H3/t26-/m0/s1. The third kappa shape index (κ3) is 4.94. The maximum atomic E-state index is 14.0. The number of amides is 1. The van der Waals surface area contributed by atoms with Crippen molar-refractivity contribution in [2.45, 2.75) is 32.9 Å². The second-order valence-electron chi connectivity index (χ2n) is 8.54. The summed E-state index contributed by atoms with van der Waals surface area (Å²) in [6.45, 7) is 4.99. The maximum Gasteiger partial charge on any atom is 0.257 e. The lowest BCUT2D eigenvalue weighted by Gasteiger charge is -2.25. The Bertz CT molecular complexity index is 1140. The summed E-state index contributed by atoms with van der Waals surface area (Å²) in [6.07, 6.45) is 0.557. The van der Waals surface area contributed by atoms with Crippen molar-refractivity contribution in [3.05, 3.63) is 106 Å². The number of hydrogen-bond acceptors (Lipinski definition) is 3. The maximum absolute atomic E-state index is 14.0. The molecule has 0 aromatic heterocycles. The van der Waals surface area contributed by atoms with E-state index < -0.39 is 0 Å². The molecule has 0 unspecified atom stereocenters. The normalized spacial score (nSPS) is 15.8. The van der Waals surface area contributed by atoms with Crippen molar-refractivity contribution in [3.63, 3.8) is 0 Å². The monoisotopic (exact) mass is 429 g/mol. The molecule has 164 valence electrons. The van der Waals surface area contributed by atoms with Crippen molar-refractivity contribution in [1.82, 2.24) is 9.91 Å². The molecule has 0 fully saturated rings. The largest absolute Gasteiger partial charge is 0.293 e. The Labute approximate surface area is 189 Å². The first-order valence-electron chi connectivity index (χ1n) is 10.9. The van der Waals surface area contributed by atoms with E-state index in [1.165, 1.54) is 12.1 Å². The van der Waals surface area contributed by atoms with E-state index in [1.807, 2.05) is 62.2 Å². The molecule has 4 rings (SSSR count). The van der Waals surface area contributed by atoms with Gasteiger partial charge in [-0.05, 0) is 55.8 Å². The molecule has 32 heavy (non-hydrogen) atoms. The van der Waals surface area contributed by atoms with E-state index in [2.05, 4.69) is 18.2 Å². The average Bonchev–Trinajstić information content (AvgIpc) is 3.21. The highest BCUT2D eigenvalue weighted by Crippen LogP contribution is 2.34. The highest BCUT2D eigenvalue weighted by atomic mass is 19.1. The highest BCUT2D eigenvalue weighted by molar-refractivity contribution is 6.04. The number of rotatable bonds is 6. The first kappa shape index (κ1) is 21.9. The molecule has 1 atom stereocenters. The highest BCUT2D eigenvalue weighted by Gasteiger charge is 2.34. The van der Waals surface area contributed by atoms with Gasteiger partial charge in [0.15, 0.2) is 0 Å². The van der Waals surface area contributed by atoms with E-state index >= 15 is 0 Å². The summed E-state index contributed by atoms with van der Waals surface area (Å²) in [4.78, 5) is 15.3. The molecule has 1 heterocycles. The average molecular weight is 430 g/mol. The smallest absolute Gasteiger partial charge is 0.257 e. The van der Waals surface area contributed by atoms with Crippen LogP contribution in [0.1, 0.15) is 40.3 Å². The van der Waals surface area contributed by atoms with Crippen molar-refractivity contribution in [3.8, 4) is 0 Å². The number of benzene rings is 3. The van der Waals surface area contributed by atoms with E-state index in [0.29, 0.717) is 13.0 Å². The molecule has 3 aromatic carbocycles. The van der Waals surface area contributed by atoms with Gasteiger partial charge in [-0.3, -0.25) is 9.69 Å². The first-order valence-corrected chi connectivity index (χ1v) is 10.9. The van der Waals surface area contributed by atoms with E-state index in [4.69, 9.17) is 5.10 Å². The minimum absolute atomic E-state index is 0.0991. The van der Waals surface area contributed by atoms with Gasteiger partial charge in [-0.1, -0.05) is 60.2 Å². The summed E-state index contributed by atoms with van der Waals surface area (Å²) in [5.41, 5.74) is 6.06. The van der Waals surface area contributed by atoms with Crippen LogP contribution in [-0.2, 0) is 11.3 Å². The zero-order chi connectivity index (χ0) is 22.7. The number of hydrazone groups is 1. The zero-order valence-corrected chi connectivity index (χ0v) is 18.8. The van der Waals surface area contributed by atoms with Gasteiger partial charge in [0.25, 0.3) is 5.91 Å². The van der Waals surface area contributed by atoms with Crippen LogP contribution in [0, 0.1) is 19.7 Å². The fourth-order valence-corrected chi connectivity index (χ4v) is 4.18. The SMILES string of the molecule is Cc1ccc(C)c(C2=NN(C(=O)CN(C)Cc3ccccc3)[C@H](c3cccc(F)c3)C2)c1. The van der Waals surface area contributed by atoms with Crippen LogP contribution in [0.5, 0.6) is 0 Å². The fraction of sp³-hybridized carbons (Fsp3) is 0.259. The number of carbonyl (C=O) groups is 1. The topological polar surface area (TPSA) is 35.9 Å². The Morgan fingerprint density at radius 3 is 2.59 bits per heavy atom. The molecule has 0 aliphatic carbocycles. The molecular formula is C27H28FN3O. The third-order valence-corrected chi connectivity index (χ3v) is 5.80. The Morgan fingerprint density at radius 2 is 1.84 bits per heavy atom. The Morgan fingerprint density at radius 1 is 1.06 bits per heavy atom. The van der Waals surface area contributed by atoms with Gasteiger partial charge in [-0.2, -0.15) is 5.10 Å². The van der Waals surface area contributed by atoms with Gasteiger partial charge in [0, 0.05) is 18.5 Å². The van der Waals surface area contributed by atoms with E-state index in [9.17, 15) is 9.18 Å². The van der Waals surface area contributed by atoms with Crippen LogP contribution in [-0.4, -0.2) is 35.1 Å². The van der Waals surface area contributed by atoms with E-state index in [1.54, 1.807) is 11.1 Å². The van der Waals surface area contributed by atoms with Crippen LogP contribution in [0.4, 0.5) is 4.39 Å². The predicted molar refractivity (Wildman–Crippen MR) is 126 cm³/mol. The van der Waals surface area contributed by atoms with Gasteiger partial charge in [-0.15, -0.1) is 0 Å². The number of carbonyl (C=O) groups excluding carboxylic acids is 1. The van der Waals surface area contributed by atoms with Gasteiger partial charge in [0.1, 0.15) is 5.82 Å². The van der Waals surface area contributed by atoms with Crippen LogP contribution >= 0.6 is 0 Å². The van der Waals surface area contributed by atoms with Gasteiger partial charge in [0.2, 0.25) is 0 Å². The van der Waals surface area contributed by atoms with E-state index in [0.717, 1.165) is 33.5 Å². The molecule has 0 bridgehead atoms. The Kier molecular flexibility index (Phi) is 6.47. The fourth-order valence-electron chi connectivity index (χ4n) is 4.18. The lowest BCUT2D eigenvalue weighted by Crippen LogP contribution is -2.36.